The molecule has 0 bridgehead atoms. The van der Waals surface area contributed by atoms with E-state index in [9.17, 15) is 105 Å². The maximum Gasteiger partial charge on any atom is 0.416 e. The second-order valence-corrected chi connectivity index (χ2v) is 24.8. The third kappa shape index (κ3) is 22.7. The quantitative estimate of drug-likeness (QED) is 0.0696. The van der Waals surface area contributed by atoms with Gasteiger partial charge < -0.3 is 4.74 Å². The number of hydrogen-bond donors (Lipinski definition) is 0. The molecule has 0 spiro atoms. The van der Waals surface area contributed by atoms with Gasteiger partial charge >= 0.3 is 49.4 Å². The molecule has 1 fully saturated rings. The van der Waals surface area contributed by atoms with Crippen LogP contribution in [0.1, 0.15) is 170 Å². The Labute approximate surface area is 587 Å². The van der Waals surface area contributed by atoms with Gasteiger partial charge in [0.05, 0.1) is 79.7 Å². The molecule has 0 saturated carbocycles. The normalized spacial score (nSPS) is 13.6. The largest absolute Gasteiger partial charge is 0.416 e. The van der Waals surface area contributed by atoms with Gasteiger partial charge in [0.1, 0.15) is 6.15 Å². The molecule has 0 atom stereocenters. The van der Waals surface area contributed by atoms with Gasteiger partial charge in [0.2, 0.25) is 0 Å². The molecule has 1 saturated heterocycles. The summed E-state index contributed by atoms with van der Waals surface area (Å²) >= 11 is 0. The van der Waals surface area contributed by atoms with Crippen LogP contribution in [0.4, 0.5) is 117 Å². The Morgan fingerprint density at radius 3 is 0.689 bits per heavy atom. The zero-order valence-electron chi connectivity index (χ0n) is 55.5. The van der Waals surface area contributed by atoms with Crippen molar-refractivity contribution >= 4 is 51.8 Å². The molecule has 103 heavy (non-hydrogen) atoms. The molecule has 9 rings (SSSR count). The van der Waals surface area contributed by atoms with E-state index in [0.29, 0.717) is 23.7 Å². The van der Waals surface area contributed by atoms with Crippen molar-refractivity contribution in [2.75, 3.05) is 13.2 Å². The van der Waals surface area contributed by atoms with Crippen LogP contribution in [-0.2, 0) is 70.9 Å². The van der Waals surface area contributed by atoms with Crippen LogP contribution in [0.3, 0.4) is 0 Å². The monoisotopic (exact) mass is 1530 g/mol. The maximum absolute atomic E-state index is 14.2. The van der Waals surface area contributed by atoms with Gasteiger partial charge in [-0.2, -0.15) is 127 Å². The Morgan fingerprint density at radius 2 is 0.534 bits per heavy atom. The van der Waals surface area contributed by atoms with Crippen LogP contribution >= 0.6 is 0 Å². The molecule has 1 aliphatic heterocycles. The minimum absolute atomic E-state index is 0. The number of alkyl halides is 24. The Kier molecular flexibility index (Phi) is 28.0. The summed E-state index contributed by atoms with van der Waals surface area (Å²) in [6, 6.07) is 15.8. The Bertz CT molecular complexity index is 3560. The van der Waals surface area contributed by atoms with Crippen molar-refractivity contribution in [3.8, 4) is 0 Å². The summed E-state index contributed by atoms with van der Waals surface area (Å²) in [6.45, 7) is 19.7. The zero-order valence-corrected chi connectivity index (χ0v) is 56.5. The van der Waals surface area contributed by atoms with E-state index in [4.69, 9.17) is 14.7 Å². The first-order chi connectivity index (χ1) is 46.9. The average molecular weight is 1530 g/mol. The van der Waals surface area contributed by atoms with Crippen LogP contribution in [0.5, 0.6) is 0 Å². The van der Waals surface area contributed by atoms with Crippen molar-refractivity contribution in [2.45, 2.75) is 141 Å². The summed E-state index contributed by atoms with van der Waals surface area (Å²) in [5.74, 6) is 1.85. The summed E-state index contributed by atoms with van der Waals surface area (Å²) in [4.78, 5) is 18.0. The van der Waals surface area contributed by atoms with Gasteiger partial charge in [0, 0.05) is 42.4 Å². The van der Waals surface area contributed by atoms with Crippen LogP contribution in [0.25, 0.3) is 0 Å². The molecule has 1 radical (unpaired) electrons. The third-order valence-corrected chi connectivity index (χ3v) is 16.0. The number of aliphatic imine (C=N–C) groups is 2. The summed E-state index contributed by atoms with van der Waals surface area (Å²) in [5, 5.41) is 0. The smallest absolute Gasteiger partial charge is 0.381 e. The second kappa shape index (κ2) is 33.7. The minimum Gasteiger partial charge on any atom is -0.381 e. The maximum atomic E-state index is 14.2. The van der Waals surface area contributed by atoms with Crippen LogP contribution in [0.2, 0.25) is 0 Å². The number of ether oxygens (including phenoxy) is 1. The summed E-state index contributed by atoms with van der Waals surface area (Å²) < 4.78 is 346. The Morgan fingerprint density at radius 1 is 0.320 bits per heavy atom. The average Bonchev–Trinajstić information content (AvgIpc) is 1.08. The predicted molar refractivity (Wildman–Crippen MR) is 342 cm³/mol. The predicted octanol–water partition coefficient (Wildman–Crippen LogP) is 22.2. The van der Waals surface area contributed by atoms with Crippen molar-refractivity contribution in [3.05, 3.63) is 236 Å². The Balaban J connectivity index is 0.000000332. The van der Waals surface area contributed by atoms with E-state index in [1.165, 1.54) is 35.1 Å². The molecular weight excluding hydrogens is 1460 g/mol. The fourth-order valence-electron chi connectivity index (χ4n) is 11.1. The van der Waals surface area contributed by atoms with Crippen LogP contribution < -0.4 is 21.9 Å². The minimum atomic E-state index is -6.13. The van der Waals surface area contributed by atoms with E-state index in [1.54, 1.807) is 12.4 Å². The molecule has 1 aliphatic rings. The standard InChI is InChI=1S/C32H12BF24.2C18H22N2.C4H8O.Co/c34-25(35,36)13-1-14(26(37,38)39)6-21(5-13)33(22-7-15(27(40,41)42)2-16(8-22)28(43,44)45,23-9-17(29(46,47)48)3-18(10-23)30(49,50)51)24-11-19(31(52,53)54)4-20(12-24)32(55,56)57;2*1-13(2)16-9-7-10-17(14(3)4)18(16)20-12-15-8-5-6-11-19-15;1-2-4-5-3-1;/h1-12H;2*5-14H,1-4H3;1-4H2;/q-1;;;;. The van der Waals surface area contributed by atoms with Crippen LogP contribution in [0.15, 0.2) is 168 Å². The van der Waals surface area contributed by atoms with Gasteiger partial charge in [-0.15, -0.1) is 0 Å². The van der Waals surface area contributed by atoms with Crippen LogP contribution in [-0.4, -0.2) is 41.8 Å². The summed E-state index contributed by atoms with van der Waals surface area (Å²) in [6.07, 6.45) is -45.0. The van der Waals surface area contributed by atoms with E-state index in [-0.39, 0.29) is 16.8 Å². The Hall–Kier alpha value is -8.19. The van der Waals surface area contributed by atoms with Crippen molar-refractivity contribution in [2.24, 2.45) is 9.98 Å². The van der Waals surface area contributed by atoms with E-state index in [2.05, 4.69) is 102 Å². The SMILES string of the molecule is C1CCOC1.CC(C)c1cccc(C(C)C)c1N=Cc1ccccn1.CC(C)c1cccc(C(C)C)c1N=Cc1ccccn1.FC(F)(F)c1cc([B-](c2cc(C(F)(F)F)cc(C(F)(F)F)c2)(c2cc(C(F)(F)F)cc(C(F)(F)F)c2)c2cc(C(F)(F)F)cc(C(F)(F)F)c2)cc(C(F)(F)F)c1.[Co]. The van der Waals surface area contributed by atoms with Gasteiger partial charge in [-0.25, -0.2) is 0 Å². The van der Waals surface area contributed by atoms with E-state index >= 15 is 0 Å². The molecule has 2 aromatic heterocycles. The molecule has 6 aromatic carbocycles. The topological polar surface area (TPSA) is 59.7 Å². The number of nitrogens with zero attached hydrogens (tertiary/aromatic N) is 4. The molecule has 559 valence electrons. The van der Waals surface area contributed by atoms with Gasteiger partial charge in [-0.3, -0.25) is 20.0 Å². The summed E-state index contributed by atoms with van der Waals surface area (Å²) in [7, 11) is 0. The first-order valence-electron chi connectivity index (χ1n) is 31.0. The number of pyridine rings is 2. The van der Waals surface area contributed by atoms with Gasteiger partial charge in [-0.05, 0) is 107 Å². The fraction of sp³-hybridized carbons (Fsp3) is 0.333. The molecule has 0 amide bonds. The first-order valence-corrected chi connectivity index (χ1v) is 31.0. The van der Waals surface area contributed by atoms with Crippen molar-refractivity contribution in [3.63, 3.8) is 0 Å². The first kappa shape index (κ1) is 85.5. The summed E-state index contributed by atoms with van der Waals surface area (Å²) in [5.41, 5.74) is -21.0. The third-order valence-electron chi connectivity index (χ3n) is 16.0. The number of aromatic nitrogens is 2. The van der Waals surface area contributed by atoms with Crippen LogP contribution in [0, 0.1) is 0 Å². The van der Waals surface area contributed by atoms with Gasteiger partial charge in [0.15, 0.2) is 0 Å². The van der Waals surface area contributed by atoms with Crippen molar-refractivity contribution in [1.29, 1.82) is 0 Å². The van der Waals surface area contributed by atoms with E-state index in [1.807, 2.05) is 48.8 Å². The number of hydrogen-bond acceptors (Lipinski definition) is 5. The number of para-hydroxylation sites is 2. The molecule has 0 N–H and O–H groups in total. The molecular formula is C72H64BCoF24N4O-. The second-order valence-electron chi connectivity index (χ2n) is 24.8. The molecule has 5 nitrogen and oxygen atoms in total. The van der Waals surface area contributed by atoms with E-state index in [0.717, 1.165) is 36.0 Å². The molecule has 0 aliphatic carbocycles. The molecule has 8 aromatic rings. The molecule has 31 heteroatoms. The van der Waals surface area contributed by atoms with Crippen molar-refractivity contribution in [1.82, 2.24) is 9.97 Å². The number of benzene rings is 6. The van der Waals surface area contributed by atoms with E-state index < -0.39 is 195 Å². The molecule has 3 heterocycles. The van der Waals surface area contributed by atoms with Gasteiger partial charge in [-0.1, -0.05) is 152 Å². The number of rotatable bonds is 12. The molecule has 0 unspecified atom stereocenters. The van der Waals surface area contributed by atoms with Crippen molar-refractivity contribution < 1.29 is 127 Å². The van der Waals surface area contributed by atoms with Gasteiger partial charge in [0.25, 0.3) is 0 Å². The fourth-order valence-corrected chi connectivity index (χ4v) is 11.1. The zero-order chi connectivity index (χ0) is 76.5. The number of halogens is 24.